The van der Waals surface area contributed by atoms with Crippen molar-refractivity contribution in [3.63, 3.8) is 0 Å². The van der Waals surface area contributed by atoms with Crippen molar-refractivity contribution in [3.05, 3.63) is 324 Å². The first-order valence-electron chi connectivity index (χ1n) is 40.6. The molecule has 4 aromatic heterocycles. The van der Waals surface area contributed by atoms with E-state index in [1.807, 2.05) is 192 Å². The van der Waals surface area contributed by atoms with Crippen molar-refractivity contribution in [2.75, 3.05) is 14.2 Å². The molecule has 0 atom stereocenters. The number of nitrogens with zero attached hydrogens (tertiary/aromatic N) is 6. The third kappa shape index (κ3) is 23.9. The number of halogens is 7. The number of aromatic carboxylic acids is 1. The number of imidazole rings is 2. The molecule has 0 saturated heterocycles. The predicted molar refractivity (Wildman–Crippen MR) is 514 cm³/mol. The van der Waals surface area contributed by atoms with E-state index in [0.29, 0.717) is 50.3 Å². The summed E-state index contributed by atoms with van der Waals surface area (Å²) in [6.45, 7) is 28.6. The topological polar surface area (TPSA) is 265 Å². The number of fused-ring (bicyclic) bond motifs is 2. The first kappa shape index (κ1) is 96.3. The summed E-state index contributed by atoms with van der Waals surface area (Å²) in [5.41, 5.74) is 15.6. The molecule has 0 bridgehead atoms. The van der Waals surface area contributed by atoms with E-state index in [4.69, 9.17) is 26.1 Å². The molecule has 0 aliphatic heterocycles. The van der Waals surface area contributed by atoms with Crippen molar-refractivity contribution in [1.82, 2.24) is 29.9 Å². The largest absolute Gasteiger partial charge is 0.507 e. The van der Waals surface area contributed by atoms with Gasteiger partial charge >= 0.3 is 5.97 Å². The number of ether oxygens (including phenoxy) is 2. The van der Waals surface area contributed by atoms with Crippen molar-refractivity contribution in [2.45, 2.75) is 119 Å². The summed E-state index contributed by atoms with van der Waals surface area (Å²) in [7, 11) is 3.12. The molecule has 26 heteroatoms. The maximum Gasteiger partial charge on any atom is 0.336 e. The molecule has 664 valence electrons. The molecule has 0 saturated carbocycles. The Bertz CT molecular complexity index is 6650. The number of para-hydroxylation sites is 3. The van der Waals surface area contributed by atoms with Crippen LogP contribution in [-0.2, 0) is 21.7 Å². The number of thiazole rings is 2. The van der Waals surface area contributed by atoms with E-state index < -0.39 is 46.2 Å². The number of aromatic nitrogens is 6. The number of hydrogen-bond donors (Lipinski definition) is 8. The molecular formula is C103H97BrClF5N8O9S2. The number of carboxylic acid groups (broad SMARTS) is 1. The fourth-order valence-corrected chi connectivity index (χ4v) is 15.3. The Kier molecular flexibility index (Phi) is 30.7. The second-order valence-electron chi connectivity index (χ2n) is 34.0. The molecule has 0 aliphatic rings. The van der Waals surface area contributed by atoms with Gasteiger partial charge < -0.3 is 50.1 Å². The van der Waals surface area contributed by atoms with Crippen LogP contribution in [0.2, 0.25) is 5.02 Å². The number of methoxy groups -OCH3 is 2. The molecule has 0 spiro atoms. The summed E-state index contributed by atoms with van der Waals surface area (Å²) < 4.78 is 78.6. The van der Waals surface area contributed by atoms with Gasteiger partial charge in [-0.05, 0) is 167 Å². The van der Waals surface area contributed by atoms with Crippen LogP contribution in [0.1, 0.15) is 138 Å². The number of H-pyrrole nitrogens is 2. The number of aromatic hydroxyl groups is 5. The number of aromatic amines is 2. The highest BCUT2D eigenvalue weighted by Crippen LogP contribution is 2.45. The van der Waals surface area contributed by atoms with Gasteiger partial charge in [-0.3, -0.25) is 4.99 Å². The summed E-state index contributed by atoms with van der Waals surface area (Å²) in [6.07, 6.45) is 2.49. The molecule has 0 unspecified atom stereocenters. The van der Waals surface area contributed by atoms with Crippen molar-refractivity contribution in [1.29, 1.82) is 0 Å². The number of nitrogens with one attached hydrogen (secondary N) is 2. The summed E-state index contributed by atoms with van der Waals surface area (Å²) in [5, 5.41) is 66.8. The van der Waals surface area contributed by atoms with Crippen LogP contribution in [0.5, 0.6) is 40.2 Å². The molecule has 0 aliphatic carbocycles. The van der Waals surface area contributed by atoms with Gasteiger partial charge in [0.05, 0.1) is 70.1 Å². The third-order valence-corrected chi connectivity index (χ3v) is 22.9. The molecule has 0 amide bonds. The van der Waals surface area contributed by atoms with Crippen LogP contribution in [-0.4, -0.2) is 93.2 Å². The fourth-order valence-electron chi connectivity index (χ4n) is 13.1. The van der Waals surface area contributed by atoms with Gasteiger partial charge in [0.25, 0.3) is 0 Å². The Hall–Kier alpha value is -13.3. The van der Waals surface area contributed by atoms with Crippen molar-refractivity contribution in [2.24, 2.45) is 9.98 Å². The number of phenols is 5. The van der Waals surface area contributed by atoms with Crippen LogP contribution in [0.4, 0.5) is 33.3 Å². The highest BCUT2D eigenvalue weighted by molar-refractivity contribution is 9.10. The number of phenolic OH excluding ortho intramolecular Hbond substituents is 5. The predicted octanol–water partition coefficient (Wildman–Crippen LogP) is 28.5. The van der Waals surface area contributed by atoms with E-state index in [9.17, 15) is 57.4 Å². The fraction of sp³-hybridized carbons (Fsp3) is 0.194. The molecular weight excluding hydrogens is 1770 g/mol. The second-order valence-corrected chi connectivity index (χ2v) is 37.1. The molecule has 0 fully saturated rings. The minimum atomic E-state index is -2.25. The Morgan fingerprint density at radius 3 is 1.49 bits per heavy atom. The number of aryl methyl sites for hydroxylation is 2. The van der Waals surface area contributed by atoms with Gasteiger partial charge in [0.2, 0.25) is 5.82 Å². The van der Waals surface area contributed by atoms with Crippen LogP contribution in [0.3, 0.4) is 0 Å². The van der Waals surface area contributed by atoms with E-state index in [-0.39, 0.29) is 50.4 Å². The van der Waals surface area contributed by atoms with Crippen LogP contribution < -0.4 is 9.47 Å². The van der Waals surface area contributed by atoms with Crippen LogP contribution in [0, 0.1) is 42.9 Å². The monoisotopic (exact) mass is 1860 g/mol. The third-order valence-electron chi connectivity index (χ3n) is 20.4. The summed E-state index contributed by atoms with van der Waals surface area (Å²) in [6, 6.07) is 69.3. The van der Waals surface area contributed by atoms with Crippen LogP contribution in [0.25, 0.3) is 88.5 Å². The highest BCUT2D eigenvalue weighted by Gasteiger charge is 2.30. The molecule has 4 heterocycles. The Balaban J connectivity index is 0.000000151. The molecule has 16 aromatic rings. The number of benzene rings is 12. The lowest BCUT2D eigenvalue weighted by Crippen LogP contribution is -2.17. The Morgan fingerprint density at radius 2 is 0.930 bits per heavy atom. The first-order chi connectivity index (χ1) is 61.0. The Morgan fingerprint density at radius 1 is 0.450 bits per heavy atom. The average Bonchev–Trinajstić information content (AvgIpc) is 1.68. The second kappa shape index (κ2) is 41.2. The number of carbonyl (C=O) groups is 1. The smallest absolute Gasteiger partial charge is 0.336 e. The molecule has 129 heavy (non-hydrogen) atoms. The number of rotatable bonds is 13. The maximum absolute atomic E-state index is 13.8. The average molecular weight is 1870 g/mol. The van der Waals surface area contributed by atoms with Gasteiger partial charge in [-0.2, -0.15) is 0 Å². The van der Waals surface area contributed by atoms with Crippen molar-refractivity contribution in [3.8, 4) is 107 Å². The zero-order chi connectivity index (χ0) is 93.7. The Labute approximate surface area is 766 Å². The zero-order valence-corrected chi connectivity index (χ0v) is 77.7. The zero-order valence-electron chi connectivity index (χ0n) is 73.7. The van der Waals surface area contributed by atoms with Crippen LogP contribution >= 0.6 is 50.2 Å². The SMILES string of the molecule is CC(C)(C)c1cc(C=Nc2c(F)c(F)c(F)c(F)c2F)c(O)c(C(C)(C)C)c1.COc1ccc(N=Cc2cc(Br)cc(OC)c2O)cc1.Cc1cc2nc(-c3cc(C(C)(C)C)cc(C(C)(C)C)c3O)[nH]c2cc1C.O=C(O)c1ccccc1-c1csc(-c2ccccc2)n1.Oc1ccc(Cl)cc1-c1nc2ccccc2[nH]1.Oc1ccccc1-c1csc(-c2ccccc2)n1. The first-order valence-corrected chi connectivity index (χ1v) is 43.5. The van der Waals surface area contributed by atoms with E-state index in [2.05, 4.69) is 130 Å². The van der Waals surface area contributed by atoms with E-state index in [1.54, 1.807) is 85.3 Å². The lowest BCUT2D eigenvalue weighted by atomic mass is 9.79. The minimum absolute atomic E-state index is 0.0123. The van der Waals surface area contributed by atoms with E-state index >= 15 is 0 Å². The van der Waals surface area contributed by atoms with Gasteiger partial charge in [0, 0.05) is 77.2 Å². The summed E-state index contributed by atoms with van der Waals surface area (Å²) in [5.74, 6) is -8.25. The number of aliphatic imine (C=N–C) groups is 2. The van der Waals surface area contributed by atoms with Crippen molar-refractivity contribution >= 4 is 102 Å². The van der Waals surface area contributed by atoms with Gasteiger partial charge in [0.15, 0.2) is 34.8 Å². The van der Waals surface area contributed by atoms with Gasteiger partial charge in [-0.25, -0.2) is 51.7 Å². The quantitative estimate of drug-likeness (QED) is 0.0231. The van der Waals surface area contributed by atoms with E-state index in [1.165, 1.54) is 35.1 Å². The maximum atomic E-state index is 13.8. The number of carboxylic acids is 1. The van der Waals surface area contributed by atoms with Crippen LogP contribution in [0.15, 0.2) is 250 Å². The highest BCUT2D eigenvalue weighted by atomic mass is 79.9. The number of hydrogen-bond acceptors (Lipinski definition) is 16. The van der Waals surface area contributed by atoms with Gasteiger partial charge in [0.1, 0.15) is 56.1 Å². The lowest BCUT2D eigenvalue weighted by molar-refractivity contribution is 0.0697. The van der Waals surface area contributed by atoms with Gasteiger partial charge in [-0.15, -0.1) is 22.7 Å². The van der Waals surface area contributed by atoms with E-state index in [0.717, 1.165) is 99.1 Å². The standard InChI is InChI=1S/C23H30N2O.C21H22F5NO.C16H11NO2S.C15H14BrNO3.C15H11NOS.C13H9ClN2O/c1-13-9-18-19(10-14(13)2)25-21(24-18)16-11-15(22(3,4)5)12-17(20(16)26)23(6,7)8;1-20(2,3)11-7-10(19(28)12(8-11)21(4,5)6)9-27-18-16(25)14(23)13(22)15(24)17(18)26;18-16(19)13-9-5-4-8-12(13)14-10-20-15(17-14)11-6-2-1-3-7-11;1-19-13-5-3-12(4-6-13)17-9-10-7-11(16)8-14(20-2)15(10)18;17-14-9-5-4-8-12(14)13-10-18-15(16-13)11-6-2-1-3-7-11;14-8-5-6-12(17)9(7-8)13-15-10-3-1-2-4-11(10)16-13/h9-12,26H,1-8H3,(H,24,25);7-9,28H,1-6H3;1-10H,(H,18,19);3-9,18H,1-2H3;1-10,17H;1-7,17H,(H,15,16). The molecule has 8 N–H and O–H groups in total. The molecule has 0 radical (unpaired) electrons. The molecule has 17 nitrogen and oxygen atoms in total. The van der Waals surface area contributed by atoms with Gasteiger partial charge in [-0.1, -0.05) is 226 Å². The van der Waals surface area contributed by atoms with Crippen molar-refractivity contribution < 1.29 is 66.9 Å². The normalized spacial score (nSPS) is 11.5. The molecule has 12 aromatic carbocycles. The minimum Gasteiger partial charge on any atom is -0.507 e. The summed E-state index contributed by atoms with van der Waals surface area (Å²) >= 11 is 12.4. The summed E-state index contributed by atoms with van der Waals surface area (Å²) in [4.78, 5) is 43.9. The molecule has 16 rings (SSSR count). The lowest BCUT2D eigenvalue weighted by Gasteiger charge is -2.27.